The summed E-state index contributed by atoms with van der Waals surface area (Å²) in [5.74, 6) is -0.307. The molecule has 0 aliphatic rings. The lowest BCUT2D eigenvalue weighted by molar-refractivity contribution is 0.0914. The number of halogens is 1. The zero-order chi connectivity index (χ0) is 13.7. The van der Waals surface area contributed by atoms with Crippen LogP contribution in [0.1, 0.15) is 30.6 Å². The number of aliphatic hydroxyl groups is 1. The van der Waals surface area contributed by atoms with Crippen LogP contribution in [0.25, 0.3) is 0 Å². The van der Waals surface area contributed by atoms with Gasteiger partial charge in [-0.3, -0.25) is 4.79 Å². The first-order valence-corrected chi connectivity index (χ1v) is 6.23. The Kier molecular flexibility index (Phi) is 5.44. The molecule has 0 radical (unpaired) electrons. The summed E-state index contributed by atoms with van der Waals surface area (Å²) in [7, 11) is 0. The van der Waals surface area contributed by atoms with Crippen LogP contribution < -0.4 is 5.32 Å². The SMILES string of the molecule is CC(C)C(CCO)NC(=O)c1ccc(Cl)cc1O. The van der Waals surface area contributed by atoms with Crippen LogP contribution in [-0.4, -0.2) is 28.8 Å². The maximum Gasteiger partial charge on any atom is 0.255 e. The molecule has 0 bridgehead atoms. The van der Waals surface area contributed by atoms with Crippen molar-refractivity contribution in [2.45, 2.75) is 26.3 Å². The third-order valence-electron chi connectivity index (χ3n) is 2.77. The number of amides is 1. The molecular weight excluding hydrogens is 254 g/mol. The molecule has 1 aromatic rings. The third kappa shape index (κ3) is 3.89. The van der Waals surface area contributed by atoms with E-state index in [2.05, 4.69) is 5.32 Å². The van der Waals surface area contributed by atoms with Crippen LogP contribution in [0.15, 0.2) is 18.2 Å². The summed E-state index contributed by atoms with van der Waals surface area (Å²) < 4.78 is 0. The van der Waals surface area contributed by atoms with Crippen molar-refractivity contribution in [3.05, 3.63) is 28.8 Å². The van der Waals surface area contributed by atoms with Gasteiger partial charge in [0, 0.05) is 17.7 Å². The zero-order valence-electron chi connectivity index (χ0n) is 10.5. The highest BCUT2D eigenvalue weighted by Gasteiger charge is 2.18. The van der Waals surface area contributed by atoms with Gasteiger partial charge in [-0.1, -0.05) is 25.4 Å². The molecule has 1 atom stereocenters. The first-order valence-electron chi connectivity index (χ1n) is 5.86. The van der Waals surface area contributed by atoms with E-state index >= 15 is 0 Å². The van der Waals surface area contributed by atoms with Crippen molar-refractivity contribution in [2.24, 2.45) is 5.92 Å². The van der Waals surface area contributed by atoms with Crippen molar-refractivity contribution >= 4 is 17.5 Å². The molecule has 0 aromatic heterocycles. The highest BCUT2D eigenvalue weighted by Crippen LogP contribution is 2.22. The Hall–Kier alpha value is -1.26. The molecule has 100 valence electrons. The Bertz CT molecular complexity index is 421. The van der Waals surface area contributed by atoms with Crippen molar-refractivity contribution in [3.63, 3.8) is 0 Å². The van der Waals surface area contributed by atoms with E-state index in [1.165, 1.54) is 12.1 Å². The summed E-state index contributed by atoms with van der Waals surface area (Å²) in [4.78, 5) is 12.0. The van der Waals surface area contributed by atoms with Gasteiger partial charge in [0.05, 0.1) is 5.56 Å². The summed E-state index contributed by atoms with van der Waals surface area (Å²) >= 11 is 5.70. The van der Waals surface area contributed by atoms with Crippen molar-refractivity contribution in [3.8, 4) is 5.75 Å². The summed E-state index contributed by atoms with van der Waals surface area (Å²) in [5, 5.41) is 21.8. The number of aromatic hydroxyl groups is 1. The normalized spacial score (nSPS) is 12.5. The Morgan fingerprint density at radius 3 is 2.61 bits per heavy atom. The fourth-order valence-electron chi connectivity index (χ4n) is 1.65. The zero-order valence-corrected chi connectivity index (χ0v) is 11.2. The van der Waals surface area contributed by atoms with Gasteiger partial charge in [-0.25, -0.2) is 0 Å². The van der Waals surface area contributed by atoms with Crippen LogP contribution in [0, 0.1) is 5.92 Å². The molecule has 0 spiro atoms. The first kappa shape index (κ1) is 14.8. The number of hydrogen-bond donors (Lipinski definition) is 3. The van der Waals surface area contributed by atoms with E-state index in [1.54, 1.807) is 6.07 Å². The van der Waals surface area contributed by atoms with E-state index < -0.39 is 0 Å². The van der Waals surface area contributed by atoms with E-state index in [0.29, 0.717) is 11.4 Å². The Morgan fingerprint density at radius 2 is 2.11 bits per heavy atom. The summed E-state index contributed by atoms with van der Waals surface area (Å²) in [6, 6.07) is 4.22. The minimum atomic E-state index is -0.365. The number of carbonyl (C=O) groups is 1. The molecule has 0 heterocycles. The Balaban J connectivity index is 2.80. The number of rotatable bonds is 5. The second-order valence-electron chi connectivity index (χ2n) is 4.50. The number of phenols is 1. The van der Waals surface area contributed by atoms with Gasteiger partial charge in [-0.2, -0.15) is 0 Å². The average Bonchev–Trinajstić information content (AvgIpc) is 2.27. The molecule has 3 N–H and O–H groups in total. The van der Waals surface area contributed by atoms with Crippen LogP contribution in [0.5, 0.6) is 5.75 Å². The van der Waals surface area contributed by atoms with E-state index in [4.69, 9.17) is 16.7 Å². The maximum atomic E-state index is 12.0. The van der Waals surface area contributed by atoms with Crippen molar-refractivity contribution in [1.82, 2.24) is 5.32 Å². The number of carbonyl (C=O) groups excluding carboxylic acids is 1. The fraction of sp³-hybridized carbons (Fsp3) is 0.462. The minimum absolute atomic E-state index is 0.00965. The molecule has 1 unspecified atom stereocenters. The van der Waals surface area contributed by atoms with Gasteiger partial charge in [0.25, 0.3) is 5.91 Å². The van der Waals surface area contributed by atoms with Crippen LogP contribution >= 0.6 is 11.6 Å². The van der Waals surface area contributed by atoms with Crippen molar-refractivity contribution < 1.29 is 15.0 Å². The van der Waals surface area contributed by atoms with Crippen LogP contribution in [0.3, 0.4) is 0 Å². The second kappa shape index (κ2) is 6.61. The van der Waals surface area contributed by atoms with E-state index in [-0.39, 0.29) is 35.8 Å². The molecular formula is C13H18ClNO3. The minimum Gasteiger partial charge on any atom is -0.507 e. The second-order valence-corrected chi connectivity index (χ2v) is 4.93. The lowest BCUT2D eigenvalue weighted by Crippen LogP contribution is -2.39. The van der Waals surface area contributed by atoms with Crippen LogP contribution in [-0.2, 0) is 0 Å². The average molecular weight is 272 g/mol. The lowest BCUT2D eigenvalue weighted by atomic mass is 10.0. The van der Waals surface area contributed by atoms with Gasteiger partial charge in [0.2, 0.25) is 0 Å². The van der Waals surface area contributed by atoms with Crippen LogP contribution in [0.2, 0.25) is 5.02 Å². The number of aliphatic hydroxyl groups excluding tert-OH is 1. The Morgan fingerprint density at radius 1 is 1.44 bits per heavy atom. The van der Waals surface area contributed by atoms with Gasteiger partial charge in [-0.05, 0) is 30.5 Å². The first-order chi connectivity index (χ1) is 8.45. The van der Waals surface area contributed by atoms with Crippen LogP contribution in [0.4, 0.5) is 0 Å². The third-order valence-corrected chi connectivity index (χ3v) is 3.00. The summed E-state index contributed by atoms with van der Waals surface area (Å²) in [6.07, 6.45) is 0.484. The number of hydrogen-bond acceptors (Lipinski definition) is 3. The Labute approximate surface area is 112 Å². The summed E-state index contributed by atoms with van der Waals surface area (Å²) in [5.41, 5.74) is 0.183. The fourth-order valence-corrected chi connectivity index (χ4v) is 1.82. The van der Waals surface area contributed by atoms with E-state index in [9.17, 15) is 9.90 Å². The standard InChI is InChI=1S/C13H18ClNO3/c1-8(2)11(5-6-16)15-13(18)10-4-3-9(14)7-12(10)17/h3-4,7-8,11,16-17H,5-6H2,1-2H3,(H,15,18). The van der Waals surface area contributed by atoms with Gasteiger partial charge in [0.15, 0.2) is 0 Å². The molecule has 4 nitrogen and oxygen atoms in total. The number of nitrogens with one attached hydrogen (secondary N) is 1. The number of phenolic OH excluding ortho intramolecular Hbond substituents is 1. The molecule has 0 aliphatic carbocycles. The van der Waals surface area contributed by atoms with Crippen molar-refractivity contribution in [1.29, 1.82) is 0 Å². The molecule has 0 saturated heterocycles. The molecule has 1 aromatic carbocycles. The predicted molar refractivity (Wildman–Crippen MR) is 70.9 cm³/mol. The van der Waals surface area contributed by atoms with Gasteiger partial charge in [-0.15, -0.1) is 0 Å². The van der Waals surface area contributed by atoms with E-state index in [0.717, 1.165) is 0 Å². The van der Waals surface area contributed by atoms with Gasteiger partial charge in [0.1, 0.15) is 5.75 Å². The van der Waals surface area contributed by atoms with E-state index in [1.807, 2.05) is 13.8 Å². The highest BCUT2D eigenvalue weighted by atomic mass is 35.5. The lowest BCUT2D eigenvalue weighted by Gasteiger charge is -2.21. The quantitative estimate of drug-likeness (QED) is 0.769. The topological polar surface area (TPSA) is 69.6 Å². The predicted octanol–water partition coefficient (Wildman–Crippen LogP) is 2.18. The molecule has 0 aliphatic heterocycles. The molecule has 5 heteroatoms. The summed E-state index contributed by atoms with van der Waals surface area (Å²) in [6.45, 7) is 3.93. The van der Waals surface area contributed by atoms with Gasteiger partial charge >= 0.3 is 0 Å². The smallest absolute Gasteiger partial charge is 0.255 e. The highest BCUT2D eigenvalue weighted by molar-refractivity contribution is 6.30. The molecule has 0 saturated carbocycles. The largest absolute Gasteiger partial charge is 0.507 e. The molecule has 0 fully saturated rings. The molecule has 1 amide bonds. The molecule has 1 rings (SSSR count). The maximum absolute atomic E-state index is 12.0. The number of benzene rings is 1. The van der Waals surface area contributed by atoms with Crippen molar-refractivity contribution in [2.75, 3.05) is 6.61 Å². The monoisotopic (exact) mass is 271 g/mol. The molecule has 18 heavy (non-hydrogen) atoms. The van der Waals surface area contributed by atoms with Gasteiger partial charge < -0.3 is 15.5 Å².